The van der Waals surface area contributed by atoms with Gasteiger partial charge in [0.25, 0.3) is 0 Å². The number of rotatable bonds is 5. The second-order valence-electron chi connectivity index (χ2n) is 3.78. The molecule has 0 atom stereocenters. The number of halogens is 1. The van der Waals surface area contributed by atoms with Crippen molar-refractivity contribution in [1.29, 1.82) is 0 Å². The van der Waals surface area contributed by atoms with Crippen molar-refractivity contribution in [3.8, 4) is 0 Å². The van der Waals surface area contributed by atoms with Crippen LogP contribution in [0.3, 0.4) is 0 Å². The van der Waals surface area contributed by atoms with Crippen molar-refractivity contribution in [2.24, 2.45) is 5.10 Å². The van der Waals surface area contributed by atoms with E-state index < -0.39 is 0 Å². The number of benzene rings is 1. The van der Waals surface area contributed by atoms with Crippen LogP contribution in [0, 0.1) is 0 Å². The van der Waals surface area contributed by atoms with Gasteiger partial charge in [-0.15, -0.1) is 0 Å². The lowest BCUT2D eigenvalue weighted by molar-refractivity contribution is -0.111. The van der Waals surface area contributed by atoms with Crippen molar-refractivity contribution in [2.45, 2.75) is 20.8 Å². The molecule has 1 N–H and O–H groups in total. The van der Waals surface area contributed by atoms with Crippen molar-refractivity contribution in [3.05, 3.63) is 28.7 Å². The quantitative estimate of drug-likeness (QED) is 0.516. The van der Waals surface area contributed by atoms with Crippen molar-refractivity contribution >= 4 is 33.2 Å². The zero-order chi connectivity index (χ0) is 13.5. The largest absolute Gasteiger partial charge is 0.353 e. The van der Waals surface area contributed by atoms with Crippen LogP contribution >= 0.6 is 15.9 Å². The molecule has 1 aromatic rings. The first kappa shape index (κ1) is 14.7. The first-order valence-corrected chi connectivity index (χ1v) is 6.72. The first-order valence-electron chi connectivity index (χ1n) is 5.93. The van der Waals surface area contributed by atoms with E-state index in [1.54, 1.807) is 0 Å². The molecule has 1 aromatic carbocycles. The molecule has 0 aliphatic heterocycles. The predicted octanol–water partition coefficient (Wildman–Crippen LogP) is 3.11. The number of nitrogens with zero attached hydrogens (tertiary/aromatic N) is 2. The molecule has 0 aromatic heterocycles. The van der Waals surface area contributed by atoms with E-state index in [0.717, 1.165) is 23.2 Å². The number of amidine groups is 1. The lowest BCUT2D eigenvalue weighted by atomic mass is 10.3. The van der Waals surface area contributed by atoms with Crippen LogP contribution < -0.4 is 5.43 Å². The summed E-state index contributed by atoms with van der Waals surface area (Å²) >= 11 is 3.37. The van der Waals surface area contributed by atoms with Gasteiger partial charge in [-0.2, -0.15) is 5.10 Å². The fourth-order valence-corrected chi connectivity index (χ4v) is 1.80. The molecule has 1 rings (SSSR count). The van der Waals surface area contributed by atoms with E-state index in [-0.39, 0.29) is 5.78 Å². The summed E-state index contributed by atoms with van der Waals surface area (Å²) in [5.41, 5.74) is 3.76. The van der Waals surface area contributed by atoms with Crippen LogP contribution in [0.5, 0.6) is 0 Å². The molecule has 0 saturated heterocycles. The van der Waals surface area contributed by atoms with Crippen LogP contribution in [0.2, 0.25) is 0 Å². The van der Waals surface area contributed by atoms with E-state index in [1.807, 2.05) is 43.0 Å². The highest BCUT2D eigenvalue weighted by Gasteiger charge is 2.12. The molecule has 0 radical (unpaired) electrons. The molecule has 0 fully saturated rings. The zero-order valence-electron chi connectivity index (χ0n) is 10.9. The molecule has 0 aliphatic rings. The molecule has 4 nitrogen and oxygen atoms in total. The lowest BCUT2D eigenvalue weighted by Crippen LogP contribution is -2.36. The summed E-state index contributed by atoms with van der Waals surface area (Å²) in [6.45, 7) is 7.05. The molecule has 0 unspecified atom stereocenters. The molecule has 0 amide bonds. The van der Waals surface area contributed by atoms with Crippen LogP contribution in [-0.2, 0) is 4.79 Å². The number of Topliss-reactive ketones (excluding diaryl/α,β-unsaturated/α-hetero) is 1. The summed E-state index contributed by atoms with van der Waals surface area (Å²) in [5, 5.41) is 4.19. The average Bonchev–Trinajstić information content (AvgIpc) is 2.36. The van der Waals surface area contributed by atoms with Gasteiger partial charge in [-0.05, 0) is 38.1 Å². The van der Waals surface area contributed by atoms with Gasteiger partial charge in [0.2, 0.25) is 0 Å². The highest BCUT2D eigenvalue weighted by Crippen LogP contribution is 2.14. The van der Waals surface area contributed by atoms with Crippen LogP contribution in [0.1, 0.15) is 20.8 Å². The summed E-state index contributed by atoms with van der Waals surface area (Å²) in [5.74, 6) is 0.422. The molecule has 5 heteroatoms. The smallest absolute Gasteiger partial charge is 0.196 e. The maximum atomic E-state index is 11.6. The molecule has 0 aliphatic carbocycles. The van der Waals surface area contributed by atoms with Gasteiger partial charge in [0, 0.05) is 24.5 Å². The van der Waals surface area contributed by atoms with E-state index in [0.29, 0.717) is 5.84 Å². The Labute approximate surface area is 116 Å². The van der Waals surface area contributed by atoms with E-state index in [4.69, 9.17) is 0 Å². The lowest BCUT2D eigenvalue weighted by Gasteiger charge is -2.20. The number of nitrogens with one attached hydrogen (secondary N) is 1. The summed E-state index contributed by atoms with van der Waals surface area (Å²) in [6, 6.07) is 7.63. The maximum Gasteiger partial charge on any atom is 0.196 e. The number of likely N-dealkylation sites (N-methyl/N-ethyl adjacent to an activating group) is 1. The van der Waals surface area contributed by atoms with Crippen LogP contribution in [0.25, 0.3) is 0 Å². The number of hydrogen-bond acceptors (Lipinski definition) is 3. The number of ketones is 1. The molecular weight excluding hydrogens is 294 g/mol. The fourth-order valence-electron chi connectivity index (χ4n) is 1.54. The van der Waals surface area contributed by atoms with Gasteiger partial charge in [-0.3, -0.25) is 10.2 Å². The van der Waals surface area contributed by atoms with Crippen molar-refractivity contribution in [2.75, 3.05) is 18.5 Å². The molecule has 18 heavy (non-hydrogen) atoms. The second-order valence-corrected chi connectivity index (χ2v) is 4.70. The Morgan fingerprint density at radius 3 is 2.28 bits per heavy atom. The molecule has 0 bridgehead atoms. The zero-order valence-corrected chi connectivity index (χ0v) is 12.5. The topological polar surface area (TPSA) is 44.7 Å². The number of hydrogen-bond donors (Lipinski definition) is 1. The third-order valence-corrected chi connectivity index (χ3v) is 3.04. The maximum absolute atomic E-state index is 11.6. The third-order valence-electron chi connectivity index (χ3n) is 2.51. The molecule has 0 saturated carbocycles. The number of hydrazone groups is 1. The number of carbonyl (C=O) groups is 1. The second kappa shape index (κ2) is 7.16. The van der Waals surface area contributed by atoms with Gasteiger partial charge in [-0.25, -0.2) is 0 Å². The Balaban J connectivity index is 2.83. The van der Waals surface area contributed by atoms with E-state index in [9.17, 15) is 4.79 Å². The fraction of sp³-hybridized carbons (Fsp3) is 0.385. The molecule has 0 spiro atoms. The van der Waals surface area contributed by atoms with Crippen LogP contribution in [0.15, 0.2) is 33.8 Å². The Bertz CT molecular complexity index is 424. The van der Waals surface area contributed by atoms with Gasteiger partial charge in [0.15, 0.2) is 11.6 Å². The van der Waals surface area contributed by atoms with E-state index in [2.05, 4.69) is 26.5 Å². The Kier molecular flexibility index (Phi) is 5.85. The van der Waals surface area contributed by atoms with Gasteiger partial charge in [0.05, 0.1) is 5.69 Å². The monoisotopic (exact) mass is 311 g/mol. The van der Waals surface area contributed by atoms with Gasteiger partial charge in [-0.1, -0.05) is 15.9 Å². The van der Waals surface area contributed by atoms with Gasteiger partial charge >= 0.3 is 0 Å². The minimum Gasteiger partial charge on any atom is -0.353 e. The summed E-state index contributed by atoms with van der Waals surface area (Å²) in [7, 11) is 0. The van der Waals surface area contributed by atoms with E-state index in [1.165, 1.54) is 6.92 Å². The van der Waals surface area contributed by atoms with Crippen molar-refractivity contribution in [3.63, 3.8) is 0 Å². The SMILES string of the molecule is CCN(CC)/C(=N/Nc1ccc(Br)cc1)C(C)=O. The first-order chi connectivity index (χ1) is 8.58. The molecular formula is C13H18BrN3O. The number of carbonyl (C=O) groups excluding carboxylic acids is 1. The van der Waals surface area contributed by atoms with Gasteiger partial charge < -0.3 is 4.90 Å². The highest BCUT2D eigenvalue weighted by molar-refractivity contribution is 9.10. The Morgan fingerprint density at radius 2 is 1.83 bits per heavy atom. The van der Waals surface area contributed by atoms with Crippen LogP contribution in [0.4, 0.5) is 5.69 Å². The average molecular weight is 312 g/mol. The molecule has 98 valence electrons. The third kappa shape index (κ3) is 4.14. The summed E-state index contributed by atoms with van der Waals surface area (Å²) in [4.78, 5) is 13.5. The van der Waals surface area contributed by atoms with Crippen molar-refractivity contribution in [1.82, 2.24) is 4.90 Å². The minimum atomic E-state index is -0.0386. The Hall–Kier alpha value is -1.36. The minimum absolute atomic E-state index is 0.0386. The number of anilines is 1. The Morgan fingerprint density at radius 1 is 1.28 bits per heavy atom. The highest BCUT2D eigenvalue weighted by atomic mass is 79.9. The normalized spacial score (nSPS) is 11.2. The summed E-state index contributed by atoms with van der Waals surface area (Å²) < 4.78 is 1.01. The van der Waals surface area contributed by atoms with Crippen LogP contribution in [-0.4, -0.2) is 29.6 Å². The summed E-state index contributed by atoms with van der Waals surface area (Å²) in [6.07, 6.45) is 0. The van der Waals surface area contributed by atoms with E-state index >= 15 is 0 Å². The predicted molar refractivity (Wildman–Crippen MR) is 78.8 cm³/mol. The standard InChI is InChI=1S/C13H18BrN3O/c1-4-17(5-2)13(10(3)18)16-15-12-8-6-11(14)7-9-12/h6-9,15H,4-5H2,1-3H3/b16-13+. The van der Waals surface area contributed by atoms with Gasteiger partial charge in [0.1, 0.15) is 0 Å². The molecule has 0 heterocycles. The van der Waals surface area contributed by atoms with Crippen molar-refractivity contribution < 1.29 is 4.79 Å².